The molecule has 0 saturated heterocycles. The number of hydrogen-bond donors (Lipinski definition) is 2. The van der Waals surface area contributed by atoms with Gasteiger partial charge < -0.3 is 11.1 Å². The smallest absolute Gasteiger partial charge is 0.262 e. The Kier molecular flexibility index (Phi) is 5.58. The van der Waals surface area contributed by atoms with E-state index in [-0.39, 0.29) is 11.8 Å². The lowest BCUT2D eigenvalue weighted by Gasteiger charge is -2.25. The first kappa shape index (κ1) is 18.3. The van der Waals surface area contributed by atoms with E-state index >= 15 is 0 Å². The van der Waals surface area contributed by atoms with Gasteiger partial charge in [-0.25, -0.2) is 14.7 Å². The average Bonchev–Trinajstić information content (AvgIpc) is 3.23. The van der Waals surface area contributed by atoms with Crippen LogP contribution < -0.4 is 16.1 Å². The maximum absolute atomic E-state index is 12.7. The molecule has 2 amide bonds. The van der Waals surface area contributed by atoms with Gasteiger partial charge in [0.25, 0.3) is 11.8 Å². The Bertz CT molecular complexity index is 894. The van der Waals surface area contributed by atoms with Crippen LogP contribution in [-0.4, -0.2) is 33.0 Å². The van der Waals surface area contributed by atoms with E-state index in [1.54, 1.807) is 72.2 Å². The third-order valence-corrected chi connectivity index (χ3v) is 4.06. The van der Waals surface area contributed by atoms with Crippen LogP contribution in [-0.2, 0) is 4.79 Å². The Morgan fingerprint density at radius 3 is 2.41 bits per heavy atom. The number of carbonyl (C=O) groups excluding carboxylic acids is 2. The lowest BCUT2D eigenvalue weighted by Crippen LogP contribution is -2.44. The normalized spacial score (nSPS) is 11.6. The molecule has 0 aliphatic carbocycles. The van der Waals surface area contributed by atoms with Gasteiger partial charge in [0.2, 0.25) is 0 Å². The Morgan fingerprint density at radius 2 is 1.81 bits per heavy atom. The number of hydrogen-bond acceptors (Lipinski definition) is 5. The molecule has 138 valence electrons. The molecule has 2 heterocycles. The fourth-order valence-corrected chi connectivity index (χ4v) is 2.61. The summed E-state index contributed by atoms with van der Waals surface area (Å²) in [5.41, 5.74) is 7.89. The number of benzene rings is 1. The predicted molar refractivity (Wildman–Crippen MR) is 102 cm³/mol. The minimum Gasteiger partial charge on any atom is -0.322 e. The minimum atomic E-state index is -0.843. The summed E-state index contributed by atoms with van der Waals surface area (Å²) in [5, 5.41) is 4.28. The summed E-state index contributed by atoms with van der Waals surface area (Å²) in [6.07, 6.45) is 8.02. The number of carbonyl (C=O) groups is 2. The van der Waals surface area contributed by atoms with Gasteiger partial charge in [-0.2, -0.15) is 0 Å². The van der Waals surface area contributed by atoms with Crippen molar-refractivity contribution in [3.05, 3.63) is 78.6 Å². The molecule has 8 nitrogen and oxygen atoms in total. The summed E-state index contributed by atoms with van der Waals surface area (Å²) in [5.74, 6) is -0.509. The van der Waals surface area contributed by atoms with Crippen molar-refractivity contribution in [2.24, 2.45) is 5.73 Å². The average molecular weight is 364 g/mol. The quantitative estimate of drug-likeness (QED) is 0.693. The number of pyridine rings is 1. The summed E-state index contributed by atoms with van der Waals surface area (Å²) >= 11 is 0. The molecule has 2 aromatic heterocycles. The third-order valence-electron chi connectivity index (χ3n) is 4.06. The second-order valence-corrected chi connectivity index (χ2v) is 5.79. The van der Waals surface area contributed by atoms with E-state index in [9.17, 15) is 9.59 Å². The highest BCUT2D eigenvalue weighted by molar-refractivity contribution is 6.04. The molecule has 0 radical (unpaired) electrons. The number of nitrogens with zero attached hydrogens (tertiary/aromatic N) is 4. The van der Waals surface area contributed by atoms with Gasteiger partial charge in [0.1, 0.15) is 12.4 Å². The molecule has 3 rings (SSSR count). The molecule has 0 aliphatic heterocycles. The SMILES string of the molecule is CCN(C(=O)C(N)c1ccc(C(=O)Nc2ccncc2)cc1)n1ccnc1. The van der Waals surface area contributed by atoms with E-state index in [4.69, 9.17) is 5.73 Å². The summed E-state index contributed by atoms with van der Waals surface area (Å²) in [4.78, 5) is 32.8. The number of nitrogens with one attached hydrogen (secondary N) is 1. The van der Waals surface area contributed by atoms with E-state index in [0.717, 1.165) is 0 Å². The van der Waals surface area contributed by atoms with Gasteiger partial charge in [0.05, 0.1) is 0 Å². The molecule has 0 fully saturated rings. The fraction of sp³-hybridized carbons (Fsp3) is 0.158. The Morgan fingerprint density at radius 1 is 1.11 bits per heavy atom. The van der Waals surface area contributed by atoms with Crippen LogP contribution in [0, 0.1) is 0 Å². The van der Waals surface area contributed by atoms with Crippen LogP contribution in [0.4, 0.5) is 5.69 Å². The Balaban J connectivity index is 1.70. The Hall–Kier alpha value is -3.52. The summed E-state index contributed by atoms with van der Waals surface area (Å²) in [6, 6.07) is 9.23. The van der Waals surface area contributed by atoms with Gasteiger partial charge in [-0.15, -0.1) is 0 Å². The summed E-state index contributed by atoms with van der Waals surface area (Å²) in [7, 11) is 0. The molecular weight excluding hydrogens is 344 g/mol. The van der Waals surface area contributed by atoms with E-state index in [1.807, 2.05) is 6.92 Å². The lowest BCUT2D eigenvalue weighted by molar-refractivity contribution is -0.121. The van der Waals surface area contributed by atoms with Crippen molar-refractivity contribution in [3.63, 3.8) is 0 Å². The number of anilines is 1. The van der Waals surface area contributed by atoms with Crippen molar-refractivity contribution in [1.82, 2.24) is 14.6 Å². The number of imidazole rings is 1. The second-order valence-electron chi connectivity index (χ2n) is 5.79. The molecule has 1 aromatic carbocycles. The zero-order valence-corrected chi connectivity index (χ0v) is 14.8. The standard InChI is InChI=1S/C19H20N6O2/c1-2-25(24-12-11-22-13-24)19(27)17(20)14-3-5-15(6-4-14)18(26)23-16-7-9-21-10-8-16/h3-13,17H,2,20H2,1H3,(H,21,23,26). The monoisotopic (exact) mass is 364 g/mol. The lowest BCUT2D eigenvalue weighted by atomic mass is 10.0. The number of amides is 2. The molecule has 0 bridgehead atoms. The highest BCUT2D eigenvalue weighted by Crippen LogP contribution is 2.15. The van der Waals surface area contributed by atoms with Crippen LogP contribution >= 0.6 is 0 Å². The molecule has 1 unspecified atom stereocenters. The predicted octanol–water partition coefficient (Wildman–Crippen LogP) is 1.71. The third kappa shape index (κ3) is 4.18. The highest BCUT2D eigenvalue weighted by atomic mass is 16.2. The van der Waals surface area contributed by atoms with Crippen LogP contribution in [0.25, 0.3) is 0 Å². The first-order valence-electron chi connectivity index (χ1n) is 8.46. The Labute approximate surface area is 156 Å². The van der Waals surface area contributed by atoms with E-state index in [1.165, 1.54) is 5.01 Å². The largest absolute Gasteiger partial charge is 0.322 e. The molecular formula is C19H20N6O2. The zero-order valence-electron chi connectivity index (χ0n) is 14.8. The van der Waals surface area contributed by atoms with Crippen LogP contribution in [0.15, 0.2) is 67.5 Å². The van der Waals surface area contributed by atoms with Crippen molar-refractivity contribution in [3.8, 4) is 0 Å². The fourth-order valence-electron chi connectivity index (χ4n) is 2.61. The van der Waals surface area contributed by atoms with Gasteiger partial charge in [0, 0.05) is 42.6 Å². The van der Waals surface area contributed by atoms with E-state index < -0.39 is 6.04 Å². The van der Waals surface area contributed by atoms with Crippen LogP contribution in [0.1, 0.15) is 28.9 Å². The van der Waals surface area contributed by atoms with Gasteiger partial charge in [-0.1, -0.05) is 12.1 Å². The van der Waals surface area contributed by atoms with Crippen molar-refractivity contribution in [2.45, 2.75) is 13.0 Å². The maximum atomic E-state index is 12.7. The summed E-state index contributed by atoms with van der Waals surface area (Å²) < 4.78 is 1.60. The topological polar surface area (TPSA) is 106 Å². The molecule has 27 heavy (non-hydrogen) atoms. The molecule has 0 spiro atoms. The molecule has 3 aromatic rings. The molecule has 0 saturated carbocycles. The van der Waals surface area contributed by atoms with Crippen molar-refractivity contribution in [1.29, 1.82) is 0 Å². The van der Waals surface area contributed by atoms with Gasteiger partial charge in [-0.05, 0) is 36.8 Å². The number of nitrogens with two attached hydrogens (primary N) is 1. The highest BCUT2D eigenvalue weighted by Gasteiger charge is 2.23. The van der Waals surface area contributed by atoms with Gasteiger partial charge >= 0.3 is 0 Å². The zero-order chi connectivity index (χ0) is 19.2. The van der Waals surface area contributed by atoms with E-state index in [0.29, 0.717) is 23.4 Å². The van der Waals surface area contributed by atoms with Crippen molar-refractivity contribution >= 4 is 17.5 Å². The van der Waals surface area contributed by atoms with Crippen LogP contribution in [0.2, 0.25) is 0 Å². The van der Waals surface area contributed by atoms with Crippen molar-refractivity contribution < 1.29 is 9.59 Å². The first-order valence-corrected chi connectivity index (χ1v) is 8.46. The molecule has 1 atom stereocenters. The van der Waals surface area contributed by atoms with Gasteiger partial charge in [-0.3, -0.25) is 14.6 Å². The maximum Gasteiger partial charge on any atom is 0.262 e. The molecule has 0 aliphatic rings. The van der Waals surface area contributed by atoms with Crippen LogP contribution in [0.3, 0.4) is 0 Å². The van der Waals surface area contributed by atoms with E-state index in [2.05, 4.69) is 15.3 Å². The first-order chi connectivity index (χ1) is 13.1. The number of likely N-dealkylation sites (N-methyl/N-ethyl adjacent to an activating group) is 1. The molecule has 8 heteroatoms. The van der Waals surface area contributed by atoms with Crippen molar-refractivity contribution in [2.75, 3.05) is 16.9 Å². The number of rotatable bonds is 6. The minimum absolute atomic E-state index is 0.249. The number of aromatic nitrogens is 3. The summed E-state index contributed by atoms with van der Waals surface area (Å²) in [6.45, 7) is 2.31. The second kappa shape index (κ2) is 8.24. The van der Waals surface area contributed by atoms with Gasteiger partial charge in [0.15, 0.2) is 0 Å². The molecule has 3 N–H and O–H groups in total. The van der Waals surface area contributed by atoms with Crippen LogP contribution in [0.5, 0.6) is 0 Å².